The molecule has 1 heterocycles. The molecule has 0 amide bonds. The first-order chi connectivity index (χ1) is 15.3. The average molecular weight is 455 g/mol. The summed E-state index contributed by atoms with van der Waals surface area (Å²) in [5.74, 6) is 0.231. The number of aliphatic hydroxyl groups excluding tert-OH is 1. The average Bonchev–Trinajstić information content (AvgIpc) is 3.08. The molecule has 4 rings (SSSR count). The van der Waals surface area contributed by atoms with E-state index in [1.807, 2.05) is 24.3 Å². The van der Waals surface area contributed by atoms with Crippen LogP contribution in [0.5, 0.6) is 5.75 Å². The fraction of sp³-hybridized carbons (Fsp3) is 0.217. The maximum Gasteiger partial charge on any atom is 0.229 e. The number of hydrogen-bond acceptors (Lipinski definition) is 6. The van der Waals surface area contributed by atoms with Gasteiger partial charge in [0.1, 0.15) is 5.75 Å². The third-order valence-corrected chi connectivity index (χ3v) is 5.73. The molecular formula is C23H26N4O4S. The Balaban J connectivity index is 1.28. The maximum absolute atomic E-state index is 11.4. The van der Waals surface area contributed by atoms with Crippen molar-refractivity contribution in [3.63, 3.8) is 0 Å². The smallest absolute Gasteiger partial charge is 0.229 e. The summed E-state index contributed by atoms with van der Waals surface area (Å²) in [4.78, 5) is 3.32. The Morgan fingerprint density at radius 1 is 0.938 bits per heavy atom. The zero-order valence-electron chi connectivity index (χ0n) is 17.6. The number of benzene rings is 3. The molecule has 0 aliphatic heterocycles. The Hall–Kier alpha value is -3.27. The van der Waals surface area contributed by atoms with Crippen molar-refractivity contribution < 1.29 is 18.6 Å². The first kappa shape index (κ1) is 21.9. The van der Waals surface area contributed by atoms with Gasteiger partial charge in [0.15, 0.2) is 0 Å². The molecule has 1 unspecified atom stereocenters. The van der Waals surface area contributed by atoms with Gasteiger partial charge in [-0.25, -0.2) is 8.42 Å². The molecule has 9 heteroatoms. The Labute approximate surface area is 186 Å². The summed E-state index contributed by atoms with van der Waals surface area (Å²) < 4.78 is 25.1. The molecule has 32 heavy (non-hydrogen) atoms. The standard InChI is InChI=1S/C23H26N4O4S/c1-32(30,31)27-17-4-2-3-15(11-17)23(29)14-24-9-10-25-16-5-7-19-20-8-6-18(28)13-22(20)26-21(19)12-16/h2-8,11-13,23-29H,9-10,14H2,1H3. The highest BCUT2D eigenvalue weighted by atomic mass is 32.2. The van der Waals surface area contributed by atoms with Gasteiger partial charge in [-0.15, -0.1) is 0 Å². The van der Waals surface area contributed by atoms with Gasteiger partial charge >= 0.3 is 0 Å². The minimum atomic E-state index is -3.36. The Morgan fingerprint density at radius 3 is 2.47 bits per heavy atom. The van der Waals surface area contributed by atoms with E-state index >= 15 is 0 Å². The lowest BCUT2D eigenvalue weighted by Gasteiger charge is -2.14. The number of aromatic amines is 1. The quantitative estimate of drug-likeness (QED) is 0.216. The second-order valence-electron chi connectivity index (χ2n) is 7.76. The number of fused-ring (bicyclic) bond motifs is 3. The molecule has 1 aromatic heterocycles. The van der Waals surface area contributed by atoms with Crippen molar-refractivity contribution in [2.75, 3.05) is 35.9 Å². The number of sulfonamides is 1. The molecule has 6 N–H and O–H groups in total. The van der Waals surface area contributed by atoms with Gasteiger partial charge in [0.25, 0.3) is 0 Å². The van der Waals surface area contributed by atoms with E-state index in [-0.39, 0.29) is 5.75 Å². The van der Waals surface area contributed by atoms with Gasteiger partial charge in [0.05, 0.1) is 17.9 Å². The molecule has 0 radical (unpaired) electrons. The number of anilines is 2. The molecule has 0 bridgehead atoms. The van der Waals surface area contributed by atoms with Crippen molar-refractivity contribution in [3.05, 3.63) is 66.2 Å². The van der Waals surface area contributed by atoms with E-state index in [0.29, 0.717) is 30.9 Å². The van der Waals surface area contributed by atoms with Crippen molar-refractivity contribution >= 4 is 43.2 Å². The molecule has 0 fully saturated rings. The molecule has 4 aromatic rings. The zero-order valence-corrected chi connectivity index (χ0v) is 18.4. The van der Waals surface area contributed by atoms with E-state index in [1.54, 1.807) is 36.4 Å². The van der Waals surface area contributed by atoms with Crippen LogP contribution in [0.15, 0.2) is 60.7 Å². The van der Waals surface area contributed by atoms with Crippen molar-refractivity contribution in [1.82, 2.24) is 10.3 Å². The highest BCUT2D eigenvalue weighted by Gasteiger charge is 2.10. The van der Waals surface area contributed by atoms with Crippen LogP contribution < -0.4 is 15.4 Å². The Kier molecular flexibility index (Phi) is 6.22. The van der Waals surface area contributed by atoms with Gasteiger partial charge in [-0.2, -0.15) is 0 Å². The number of phenols is 1. The van der Waals surface area contributed by atoms with Crippen molar-refractivity contribution in [1.29, 1.82) is 0 Å². The molecule has 1 atom stereocenters. The van der Waals surface area contributed by atoms with Crippen LogP contribution in [-0.2, 0) is 10.0 Å². The van der Waals surface area contributed by atoms with E-state index in [1.165, 1.54) is 0 Å². The summed E-state index contributed by atoms with van der Waals surface area (Å²) >= 11 is 0. The topological polar surface area (TPSA) is 126 Å². The second-order valence-corrected chi connectivity index (χ2v) is 9.51. The van der Waals surface area contributed by atoms with Gasteiger partial charge in [-0.05, 0) is 42.0 Å². The minimum absolute atomic E-state index is 0.231. The first-order valence-electron chi connectivity index (χ1n) is 10.2. The molecule has 0 spiro atoms. The number of hydrogen-bond donors (Lipinski definition) is 6. The fourth-order valence-electron chi connectivity index (χ4n) is 3.68. The van der Waals surface area contributed by atoms with Gasteiger partial charge in [-0.1, -0.05) is 18.2 Å². The summed E-state index contributed by atoms with van der Waals surface area (Å²) in [5.41, 5.74) is 3.91. The lowest BCUT2D eigenvalue weighted by molar-refractivity contribution is 0.175. The first-order valence-corrected chi connectivity index (χ1v) is 12.1. The van der Waals surface area contributed by atoms with Gasteiger partial charge in [-0.3, -0.25) is 4.72 Å². The van der Waals surface area contributed by atoms with Gasteiger partial charge in [0, 0.05) is 53.4 Å². The van der Waals surface area contributed by atoms with Crippen molar-refractivity contribution in [3.8, 4) is 5.75 Å². The number of phenolic OH excluding ortho intramolecular Hbond substituents is 1. The van der Waals surface area contributed by atoms with Crippen LogP contribution in [0.25, 0.3) is 21.8 Å². The van der Waals surface area contributed by atoms with Crippen LogP contribution in [0.4, 0.5) is 11.4 Å². The van der Waals surface area contributed by atoms with Crippen LogP contribution in [0.3, 0.4) is 0 Å². The number of rotatable bonds is 9. The van der Waals surface area contributed by atoms with Crippen LogP contribution in [0.1, 0.15) is 11.7 Å². The summed E-state index contributed by atoms with van der Waals surface area (Å²) in [6, 6.07) is 18.1. The molecule has 8 nitrogen and oxygen atoms in total. The number of aromatic hydroxyl groups is 1. The second kappa shape index (κ2) is 9.07. The third-order valence-electron chi connectivity index (χ3n) is 5.13. The predicted octanol–water partition coefficient (Wildman–Crippen LogP) is 3.13. The van der Waals surface area contributed by atoms with Gasteiger partial charge in [0.2, 0.25) is 10.0 Å². The van der Waals surface area contributed by atoms with Crippen LogP contribution in [0, 0.1) is 0 Å². The molecule has 0 saturated carbocycles. The van der Waals surface area contributed by atoms with Crippen LogP contribution in [-0.4, -0.2) is 49.5 Å². The van der Waals surface area contributed by atoms with E-state index in [4.69, 9.17) is 0 Å². The van der Waals surface area contributed by atoms with E-state index < -0.39 is 16.1 Å². The number of H-pyrrole nitrogens is 1. The summed E-state index contributed by atoms with van der Waals surface area (Å²) in [6.07, 6.45) is 0.334. The number of nitrogens with one attached hydrogen (secondary N) is 4. The fourth-order valence-corrected chi connectivity index (χ4v) is 4.24. The monoisotopic (exact) mass is 454 g/mol. The van der Waals surface area contributed by atoms with E-state index in [2.05, 4.69) is 20.3 Å². The van der Waals surface area contributed by atoms with Gasteiger partial charge < -0.3 is 25.8 Å². The molecule has 3 aromatic carbocycles. The number of aromatic nitrogens is 1. The number of aliphatic hydroxyl groups is 1. The Bertz CT molecular complexity index is 1350. The molecule has 168 valence electrons. The van der Waals surface area contributed by atoms with E-state index in [9.17, 15) is 18.6 Å². The summed E-state index contributed by atoms with van der Waals surface area (Å²) in [6.45, 7) is 1.64. The third kappa shape index (κ3) is 5.31. The van der Waals surface area contributed by atoms with Crippen LogP contribution >= 0.6 is 0 Å². The molecular weight excluding hydrogens is 428 g/mol. The Morgan fingerprint density at radius 2 is 1.69 bits per heavy atom. The lowest BCUT2D eigenvalue weighted by atomic mass is 10.1. The highest BCUT2D eigenvalue weighted by molar-refractivity contribution is 7.92. The summed E-state index contributed by atoms with van der Waals surface area (Å²) in [5, 5.41) is 28.8. The minimum Gasteiger partial charge on any atom is -0.508 e. The SMILES string of the molecule is CS(=O)(=O)Nc1cccc(C(O)CNCCNc2ccc3c(c2)[nH]c2cc(O)ccc23)c1. The predicted molar refractivity (Wildman–Crippen MR) is 129 cm³/mol. The van der Waals surface area contributed by atoms with Crippen LogP contribution in [0.2, 0.25) is 0 Å². The largest absolute Gasteiger partial charge is 0.508 e. The molecule has 0 aliphatic rings. The lowest BCUT2D eigenvalue weighted by Crippen LogP contribution is -2.27. The van der Waals surface area contributed by atoms with Crippen molar-refractivity contribution in [2.45, 2.75) is 6.10 Å². The normalized spacial score (nSPS) is 12.8. The summed E-state index contributed by atoms with van der Waals surface area (Å²) in [7, 11) is -3.36. The molecule has 0 aliphatic carbocycles. The molecule has 0 saturated heterocycles. The highest BCUT2D eigenvalue weighted by Crippen LogP contribution is 2.29. The zero-order chi connectivity index (χ0) is 22.7. The van der Waals surface area contributed by atoms with Crippen molar-refractivity contribution in [2.24, 2.45) is 0 Å². The maximum atomic E-state index is 11.4. The van der Waals surface area contributed by atoms with E-state index in [0.717, 1.165) is 33.7 Å².